The van der Waals surface area contributed by atoms with Crippen molar-refractivity contribution in [2.75, 3.05) is 13.1 Å². The molecule has 1 N–H and O–H groups in total. The van der Waals surface area contributed by atoms with Crippen LogP contribution in [0.3, 0.4) is 0 Å². The summed E-state index contributed by atoms with van der Waals surface area (Å²) in [5.41, 5.74) is 4.22. The molecule has 0 spiro atoms. The predicted octanol–water partition coefficient (Wildman–Crippen LogP) is 3.33. The van der Waals surface area contributed by atoms with Crippen molar-refractivity contribution in [3.8, 4) is 11.4 Å². The second kappa shape index (κ2) is 6.50. The Bertz CT molecular complexity index is 785. The Morgan fingerprint density at radius 3 is 3.09 bits per heavy atom. The van der Waals surface area contributed by atoms with Crippen molar-refractivity contribution in [3.63, 3.8) is 0 Å². The lowest BCUT2D eigenvalue weighted by Crippen LogP contribution is -2.14. The SMILES string of the molecule is c1cc(CC2CCCNCC2)nc(-c2cnc3ccccn23)c1. The van der Waals surface area contributed by atoms with Crippen LogP contribution < -0.4 is 5.32 Å². The first-order chi connectivity index (χ1) is 11.4. The Balaban J connectivity index is 1.61. The molecule has 4 heteroatoms. The Labute approximate surface area is 136 Å². The van der Waals surface area contributed by atoms with E-state index in [9.17, 15) is 0 Å². The lowest BCUT2D eigenvalue weighted by atomic mass is 9.95. The van der Waals surface area contributed by atoms with Gasteiger partial charge in [-0.15, -0.1) is 0 Å². The zero-order valence-corrected chi connectivity index (χ0v) is 13.3. The summed E-state index contributed by atoms with van der Waals surface area (Å²) in [6.07, 6.45) is 8.86. The number of rotatable bonds is 3. The molecule has 1 aliphatic heterocycles. The first kappa shape index (κ1) is 14.4. The molecule has 4 heterocycles. The van der Waals surface area contributed by atoms with Gasteiger partial charge in [0.05, 0.1) is 17.6 Å². The zero-order chi connectivity index (χ0) is 15.5. The third-order valence-electron chi connectivity index (χ3n) is 4.68. The maximum Gasteiger partial charge on any atom is 0.137 e. The van der Waals surface area contributed by atoms with Gasteiger partial charge in [-0.2, -0.15) is 0 Å². The number of fused-ring (bicyclic) bond motifs is 1. The molecule has 0 saturated carbocycles. The lowest BCUT2D eigenvalue weighted by molar-refractivity contribution is 0.465. The van der Waals surface area contributed by atoms with Crippen molar-refractivity contribution in [2.24, 2.45) is 5.92 Å². The Kier molecular flexibility index (Phi) is 4.07. The second-order valence-corrected chi connectivity index (χ2v) is 6.34. The van der Waals surface area contributed by atoms with Crippen LogP contribution in [0.1, 0.15) is 25.0 Å². The van der Waals surface area contributed by atoms with Gasteiger partial charge < -0.3 is 5.32 Å². The van der Waals surface area contributed by atoms with Gasteiger partial charge in [-0.1, -0.05) is 12.1 Å². The minimum Gasteiger partial charge on any atom is -0.317 e. The molecule has 3 aromatic heterocycles. The number of hydrogen-bond acceptors (Lipinski definition) is 3. The molecular weight excluding hydrogens is 284 g/mol. The van der Waals surface area contributed by atoms with Crippen molar-refractivity contribution in [3.05, 3.63) is 54.5 Å². The fourth-order valence-corrected chi connectivity index (χ4v) is 3.45. The molecular formula is C19H22N4. The van der Waals surface area contributed by atoms with Gasteiger partial charge in [0.25, 0.3) is 0 Å². The highest BCUT2D eigenvalue weighted by atomic mass is 15.0. The molecule has 4 rings (SSSR count). The monoisotopic (exact) mass is 306 g/mol. The van der Waals surface area contributed by atoms with Gasteiger partial charge in [-0.05, 0) is 69.0 Å². The van der Waals surface area contributed by atoms with Crippen LogP contribution >= 0.6 is 0 Å². The van der Waals surface area contributed by atoms with E-state index in [1.165, 1.54) is 25.0 Å². The Morgan fingerprint density at radius 2 is 2.09 bits per heavy atom. The molecule has 0 aliphatic carbocycles. The second-order valence-electron chi connectivity index (χ2n) is 6.34. The van der Waals surface area contributed by atoms with Crippen LogP contribution in [-0.2, 0) is 6.42 Å². The van der Waals surface area contributed by atoms with Crippen molar-refractivity contribution < 1.29 is 0 Å². The molecule has 0 aromatic carbocycles. The minimum absolute atomic E-state index is 0.745. The normalized spacial score (nSPS) is 18.9. The van der Waals surface area contributed by atoms with Crippen molar-refractivity contribution in [1.82, 2.24) is 19.7 Å². The van der Waals surface area contributed by atoms with Crippen LogP contribution in [0.15, 0.2) is 48.8 Å². The van der Waals surface area contributed by atoms with E-state index in [0.29, 0.717) is 0 Å². The van der Waals surface area contributed by atoms with E-state index in [0.717, 1.165) is 42.5 Å². The molecule has 1 atom stereocenters. The predicted molar refractivity (Wildman–Crippen MR) is 92.3 cm³/mol. The summed E-state index contributed by atoms with van der Waals surface area (Å²) in [4.78, 5) is 9.38. The van der Waals surface area contributed by atoms with Crippen LogP contribution in [0.2, 0.25) is 0 Å². The largest absolute Gasteiger partial charge is 0.317 e. The van der Waals surface area contributed by atoms with Gasteiger partial charge in [-0.3, -0.25) is 9.38 Å². The molecule has 1 unspecified atom stereocenters. The molecule has 0 bridgehead atoms. The molecule has 118 valence electrons. The molecule has 1 saturated heterocycles. The van der Waals surface area contributed by atoms with Gasteiger partial charge >= 0.3 is 0 Å². The van der Waals surface area contributed by atoms with Crippen LogP contribution in [0, 0.1) is 5.92 Å². The fourth-order valence-electron chi connectivity index (χ4n) is 3.45. The van der Waals surface area contributed by atoms with Crippen LogP contribution in [0.25, 0.3) is 17.0 Å². The first-order valence-electron chi connectivity index (χ1n) is 8.49. The maximum atomic E-state index is 4.91. The summed E-state index contributed by atoms with van der Waals surface area (Å²) in [5, 5.41) is 3.48. The van der Waals surface area contributed by atoms with Gasteiger partial charge in [0.1, 0.15) is 5.65 Å². The topological polar surface area (TPSA) is 42.2 Å². The van der Waals surface area contributed by atoms with Gasteiger partial charge in [0.2, 0.25) is 0 Å². The molecule has 23 heavy (non-hydrogen) atoms. The zero-order valence-electron chi connectivity index (χ0n) is 13.3. The highest BCUT2D eigenvalue weighted by Crippen LogP contribution is 2.22. The van der Waals surface area contributed by atoms with E-state index in [1.807, 2.05) is 30.6 Å². The molecule has 1 aliphatic rings. The summed E-state index contributed by atoms with van der Waals surface area (Å²) in [6.45, 7) is 2.30. The summed E-state index contributed by atoms with van der Waals surface area (Å²) in [5.74, 6) is 0.745. The summed E-state index contributed by atoms with van der Waals surface area (Å²) >= 11 is 0. The average molecular weight is 306 g/mol. The van der Waals surface area contributed by atoms with Crippen LogP contribution in [0.5, 0.6) is 0 Å². The third kappa shape index (κ3) is 3.13. The van der Waals surface area contributed by atoms with Crippen molar-refractivity contribution in [2.45, 2.75) is 25.7 Å². The minimum atomic E-state index is 0.745. The lowest BCUT2D eigenvalue weighted by Gasteiger charge is -2.13. The van der Waals surface area contributed by atoms with E-state index in [1.54, 1.807) is 0 Å². The third-order valence-corrected chi connectivity index (χ3v) is 4.68. The van der Waals surface area contributed by atoms with E-state index >= 15 is 0 Å². The van der Waals surface area contributed by atoms with Crippen molar-refractivity contribution >= 4 is 5.65 Å². The number of imidazole rings is 1. The number of nitrogens with zero attached hydrogens (tertiary/aromatic N) is 3. The quantitative estimate of drug-likeness (QED) is 0.807. The first-order valence-corrected chi connectivity index (χ1v) is 8.49. The van der Waals surface area contributed by atoms with E-state index in [2.05, 4.69) is 32.9 Å². The molecule has 1 fully saturated rings. The number of pyridine rings is 2. The molecule has 4 nitrogen and oxygen atoms in total. The van der Waals surface area contributed by atoms with E-state index in [-0.39, 0.29) is 0 Å². The van der Waals surface area contributed by atoms with E-state index < -0.39 is 0 Å². The molecule has 0 radical (unpaired) electrons. The highest BCUT2D eigenvalue weighted by molar-refractivity contribution is 5.60. The number of nitrogens with one attached hydrogen (secondary N) is 1. The smallest absolute Gasteiger partial charge is 0.137 e. The van der Waals surface area contributed by atoms with Gasteiger partial charge in [0.15, 0.2) is 0 Å². The summed E-state index contributed by atoms with van der Waals surface area (Å²) < 4.78 is 2.10. The Hall–Kier alpha value is -2.20. The van der Waals surface area contributed by atoms with Crippen molar-refractivity contribution in [1.29, 1.82) is 0 Å². The average Bonchev–Trinajstić information content (AvgIpc) is 2.85. The van der Waals surface area contributed by atoms with Crippen LogP contribution in [-0.4, -0.2) is 27.5 Å². The highest BCUT2D eigenvalue weighted by Gasteiger charge is 2.14. The molecule has 0 amide bonds. The van der Waals surface area contributed by atoms with E-state index in [4.69, 9.17) is 4.98 Å². The Morgan fingerprint density at radius 1 is 1.09 bits per heavy atom. The standard InChI is InChI=1S/C19H22N4/c1-2-12-23-18(14-21-19(23)8-1)17-7-3-6-16(22-17)13-15-5-4-10-20-11-9-15/h1-3,6-8,12,14-15,20H,4-5,9-11,13H2. The van der Waals surface area contributed by atoms with Crippen LogP contribution in [0.4, 0.5) is 0 Å². The fraction of sp³-hybridized carbons (Fsp3) is 0.368. The van der Waals surface area contributed by atoms with Gasteiger partial charge in [-0.25, -0.2) is 4.98 Å². The summed E-state index contributed by atoms with van der Waals surface area (Å²) in [7, 11) is 0. The number of hydrogen-bond donors (Lipinski definition) is 1. The molecule has 3 aromatic rings. The number of aromatic nitrogens is 3. The maximum absolute atomic E-state index is 4.91. The summed E-state index contributed by atoms with van der Waals surface area (Å²) in [6, 6.07) is 12.4. The van der Waals surface area contributed by atoms with Gasteiger partial charge in [0, 0.05) is 11.9 Å².